The number of aliphatic carboxylic acids is 1. The average molecular weight is 408 g/mol. The first-order chi connectivity index (χ1) is 11.7. The van der Waals surface area contributed by atoms with Gasteiger partial charge in [0.1, 0.15) is 18.1 Å². The smallest absolute Gasteiger partial charge is 0.324 e. The van der Waals surface area contributed by atoms with E-state index in [1.807, 2.05) is 0 Å². The van der Waals surface area contributed by atoms with Crippen LogP contribution in [0.15, 0.2) is 41.3 Å². The van der Waals surface area contributed by atoms with Gasteiger partial charge in [0.2, 0.25) is 0 Å². The van der Waals surface area contributed by atoms with Crippen molar-refractivity contribution in [3.05, 3.63) is 52.3 Å². The third-order valence-corrected chi connectivity index (χ3v) is 5.54. The number of benzene rings is 2. The normalized spacial score (nSPS) is 11.2. The van der Waals surface area contributed by atoms with Gasteiger partial charge in [0, 0.05) is 0 Å². The first-order valence-corrected chi connectivity index (χ1v) is 8.89. The summed E-state index contributed by atoms with van der Waals surface area (Å²) in [5.41, 5.74) is -0.0965. The van der Waals surface area contributed by atoms with Gasteiger partial charge in [-0.05, 0) is 36.4 Å². The summed E-state index contributed by atoms with van der Waals surface area (Å²) in [5, 5.41) is 8.76. The van der Waals surface area contributed by atoms with Crippen LogP contribution in [0.1, 0.15) is 0 Å². The van der Waals surface area contributed by atoms with E-state index in [0.717, 1.165) is 24.3 Å². The SMILES string of the molecule is COc1ccc(S(=O)(=O)N(CC(=O)O)c2ccc(F)c(Cl)c2)cc1Cl. The molecule has 10 heteroatoms. The fourth-order valence-electron chi connectivity index (χ4n) is 2.01. The van der Waals surface area contributed by atoms with E-state index in [2.05, 4.69) is 0 Å². The quantitative estimate of drug-likeness (QED) is 0.792. The molecule has 0 atom stereocenters. The highest BCUT2D eigenvalue weighted by molar-refractivity contribution is 7.92. The molecule has 0 saturated heterocycles. The molecular formula is C15H12Cl2FNO5S. The predicted molar refractivity (Wildman–Crippen MR) is 91.6 cm³/mol. The van der Waals surface area contributed by atoms with Gasteiger partial charge in [0.05, 0.1) is 27.7 Å². The van der Waals surface area contributed by atoms with Crippen molar-refractivity contribution in [3.63, 3.8) is 0 Å². The van der Waals surface area contributed by atoms with Gasteiger partial charge in [-0.3, -0.25) is 9.10 Å². The summed E-state index contributed by atoms with van der Waals surface area (Å²) < 4.78 is 44.6. The van der Waals surface area contributed by atoms with Crippen LogP contribution in [-0.4, -0.2) is 33.1 Å². The zero-order valence-electron chi connectivity index (χ0n) is 12.7. The second kappa shape index (κ2) is 7.47. The topological polar surface area (TPSA) is 83.9 Å². The van der Waals surface area contributed by atoms with Crippen molar-refractivity contribution in [2.75, 3.05) is 18.0 Å². The molecule has 0 aliphatic carbocycles. The van der Waals surface area contributed by atoms with Crippen LogP contribution in [0.4, 0.5) is 10.1 Å². The Labute approximate surface area is 153 Å². The van der Waals surface area contributed by atoms with E-state index in [4.69, 9.17) is 33.0 Å². The van der Waals surface area contributed by atoms with Crippen molar-refractivity contribution in [1.82, 2.24) is 0 Å². The molecule has 0 fully saturated rings. The lowest BCUT2D eigenvalue weighted by Crippen LogP contribution is -2.35. The maximum Gasteiger partial charge on any atom is 0.324 e. The van der Waals surface area contributed by atoms with E-state index in [-0.39, 0.29) is 26.4 Å². The van der Waals surface area contributed by atoms with Gasteiger partial charge in [-0.25, -0.2) is 12.8 Å². The largest absolute Gasteiger partial charge is 0.495 e. The molecule has 0 heterocycles. The molecule has 0 unspecified atom stereocenters. The van der Waals surface area contributed by atoms with Crippen molar-refractivity contribution < 1.29 is 27.4 Å². The standard InChI is InChI=1S/C15H12Cl2FNO5S/c1-24-14-5-3-10(7-12(14)17)25(22,23)19(8-15(20)21)9-2-4-13(18)11(16)6-9/h2-7H,8H2,1H3,(H,20,21). The van der Waals surface area contributed by atoms with Gasteiger partial charge < -0.3 is 9.84 Å². The Morgan fingerprint density at radius 3 is 2.40 bits per heavy atom. The molecule has 0 radical (unpaired) electrons. The van der Waals surface area contributed by atoms with E-state index in [1.165, 1.54) is 19.2 Å². The molecule has 2 aromatic carbocycles. The van der Waals surface area contributed by atoms with Gasteiger partial charge in [-0.1, -0.05) is 23.2 Å². The van der Waals surface area contributed by atoms with E-state index >= 15 is 0 Å². The van der Waals surface area contributed by atoms with Gasteiger partial charge in [-0.2, -0.15) is 0 Å². The molecule has 0 aromatic heterocycles. The number of halogens is 3. The number of methoxy groups -OCH3 is 1. The van der Waals surface area contributed by atoms with Crippen LogP contribution in [0.3, 0.4) is 0 Å². The van der Waals surface area contributed by atoms with Crippen LogP contribution < -0.4 is 9.04 Å². The lowest BCUT2D eigenvalue weighted by atomic mass is 10.3. The van der Waals surface area contributed by atoms with Crippen molar-refractivity contribution in [2.24, 2.45) is 0 Å². The number of hydrogen-bond donors (Lipinski definition) is 1. The number of nitrogens with zero attached hydrogens (tertiary/aromatic N) is 1. The highest BCUT2D eigenvalue weighted by Gasteiger charge is 2.28. The van der Waals surface area contributed by atoms with Crippen LogP contribution in [0.2, 0.25) is 10.0 Å². The molecule has 2 rings (SSSR count). The number of carbonyl (C=O) groups is 1. The summed E-state index contributed by atoms with van der Waals surface area (Å²) in [6.07, 6.45) is 0. The van der Waals surface area contributed by atoms with Crippen molar-refractivity contribution >= 4 is 44.9 Å². The third-order valence-electron chi connectivity index (χ3n) is 3.18. The van der Waals surface area contributed by atoms with Crippen LogP contribution in [0.5, 0.6) is 5.75 Å². The summed E-state index contributed by atoms with van der Waals surface area (Å²) in [5.74, 6) is -1.90. The monoisotopic (exact) mass is 407 g/mol. The lowest BCUT2D eigenvalue weighted by molar-refractivity contribution is -0.135. The zero-order valence-corrected chi connectivity index (χ0v) is 15.1. The molecule has 1 N–H and O–H groups in total. The Kier molecular flexibility index (Phi) is 5.76. The Balaban J connectivity index is 2.57. The summed E-state index contributed by atoms with van der Waals surface area (Å²) in [6, 6.07) is 6.79. The molecule has 2 aromatic rings. The van der Waals surface area contributed by atoms with E-state index < -0.39 is 28.4 Å². The number of rotatable bonds is 6. The third kappa shape index (κ3) is 4.15. The first-order valence-electron chi connectivity index (χ1n) is 6.70. The minimum Gasteiger partial charge on any atom is -0.495 e. The van der Waals surface area contributed by atoms with Crippen molar-refractivity contribution in [3.8, 4) is 5.75 Å². The Morgan fingerprint density at radius 2 is 1.88 bits per heavy atom. The summed E-state index contributed by atoms with van der Waals surface area (Å²) >= 11 is 11.6. The minimum atomic E-state index is -4.29. The fraction of sp³-hybridized carbons (Fsp3) is 0.133. The fourth-order valence-corrected chi connectivity index (χ4v) is 3.94. The molecule has 25 heavy (non-hydrogen) atoms. The molecule has 6 nitrogen and oxygen atoms in total. The maximum atomic E-state index is 13.3. The highest BCUT2D eigenvalue weighted by atomic mass is 35.5. The number of hydrogen-bond acceptors (Lipinski definition) is 4. The van der Waals surface area contributed by atoms with Gasteiger partial charge in [0.25, 0.3) is 10.0 Å². The van der Waals surface area contributed by atoms with Crippen molar-refractivity contribution in [1.29, 1.82) is 0 Å². The van der Waals surface area contributed by atoms with Crippen LogP contribution in [-0.2, 0) is 14.8 Å². The number of sulfonamides is 1. The Hall–Kier alpha value is -2.03. The number of carboxylic acid groups (broad SMARTS) is 1. The Morgan fingerprint density at radius 1 is 1.20 bits per heavy atom. The van der Waals surface area contributed by atoms with E-state index in [0.29, 0.717) is 4.31 Å². The molecule has 0 amide bonds. The summed E-state index contributed by atoms with van der Waals surface area (Å²) in [4.78, 5) is 10.9. The predicted octanol–water partition coefficient (Wildman–Crippen LogP) is 3.42. The number of ether oxygens (including phenoxy) is 1. The average Bonchev–Trinajstić information content (AvgIpc) is 2.55. The maximum absolute atomic E-state index is 13.3. The molecule has 0 aliphatic heterocycles. The van der Waals surface area contributed by atoms with Gasteiger partial charge in [0.15, 0.2) is 0 Å². The zero-order chi connectivity index (χ0) is 18.8. The molecule has 0 bridgehead atoms. The molecular weight excluding hydrogens is 396 g/mol. The van der Waals surface area contributed by atoms with Crippen LogP contribution in [0, 0.1) is 5.82 Å². The van der Waals surface area contributed by atoms with Gasteiger partial charge in [-0.15, -0.1) is 0 Å². The van der Waals surface area contributed by atoms with E-state index in [1.54, 1.807) is 0 Å². The van der Waals surface area contributed by atoms with E-state index in [9.17, 15) is 17.6 Å². The van der Waals surface area contributed by atoms with Crippen molar-refractivity contribution in [2.45, 2.75) is 4.90 Å². The number of anilines is 1. The molecule has 0 spiro atoms. The van der Waals surface area contributed by atoms with Crippen LogP contribution in [0.25, 0.3) is 0 Å². The molecule has 134 valence electrons. The Bertz CT molecular complexity index is 920. The molecule has 0 aliphatic rings. The second-order valence-electron chi connectivity index (χ2n) is 4.80. The first kappa shape index (κ1) is 19.3. The van der Waals surface area contributed by atoms with Gasteiger partial charge >= 0.3 is 5.97 Å². The highest BCUT2D eigenvalue weighted by Crippen LogP contribution is 2.31. The lowest BCUT2D eigenvalue weighted by Gasteiger charge is -2.23. The minimum absolute atomic E-state index is 0.0380. The number of carboxylic acids is 1. The summed E-state index contributed by atoms with van der Waals surface area (Å²) in [6.45, 7) is -0.881. The van der Waals surface area contributed by atoms with Crippen LogP contribution >= 0.6 is 23.2 Å². The second-order valence-corrected chi connectivity index (χ2v) is 7.48. The molecule has 0 saturated carbocycles. The summed E-state index contributed by atoms with van der Waals surface area (Å²) in [7, 11) is -2.93.